The third-order valence-electron chi connectivity index (χ3n) is 12.1. The van der Waals surface area contributed by atoms with Crippen LogP contribution in [-0.2, 0) is 46.6 Å². The van der Waals surface area contributed by atoms with Gasteiger partial charge in [0.1, 0.15) is 49.3 Å². The van der Waals surface area contributed by atoms with E-state index in [0.717, 1.165) is 76.0 Å². The molecule has 0 aromatic carbocycles. The van der Waals surface area contributed by atoms with Crippen LogP contribution in [0.4, 0.5) is 0 Å². The molecule has 0 aromatic rings. The Bertz CT molecular complexity index is 1800. The third-order valence-corrected chi connectivity index (χ3v) is 15.0. The lowest BCUT2D eigenvalue weighted by molar-refractivity contribution is -0.216. The minimum Gasteiger partial charge on any atom is -0.481 e. The molecule has 0 bridgehead atoms. The predicted octanol–water partition coefficient (Wildman–Crippen LogP) is 7.94. The molecule has 1 saturated carbocycles. The summed E-state index contributed by atoms with van der Waals surface area (Å²) in [4.78, 5) is 66.7. The number of carbonyl (C=O) groups is 3. The van der Waals surface area contributed by atoms with Crippen molar-refractivity contribution in [2.24, 2.45) is 5.73 Å². The summed E-state index contributed by atoms with van der Waals surface area (Å²) in [6.07, 6.45) is 24.7. The fraction of sp³-hybridized carbons (Fsp3) is 0.750. The van der Waals surface area contributed by atoms with Gasteiger partial charge in [-0.05, 0) is 64.2 Å². The van der Waals surface area contributed by atoms with E-state index < -0.39 is 107 Å². The van der Waals surface area contributed by atoms with Crippen LogP contribution in [0.3, 0.4) is 0 Å². The first-order valence-corrected chi connectivity index (χ1v) is 30.8. The average Bonchev–Trinajstić information content (AvgIpc) is 3.35. The fourth-order valence-electron chi connectivity index (χ4n) is 7.75. The SMILES string of the molecule is CCCCC/C=C\C\C=C/C=C/C=C/[C@@H](SC[C@H](N)C(=O)OC[C@H](COP(=O)(O)O[C@H]1[C@H](O)[C@@H](O)[C@H](O)[C@@H](O)[C@H]1OP(=O)(O)O)OC(=O)CCCCCCCCC/C=C\CCCCCCCC)[C@@H](O)CCCC(=O)O. The van der Waals surface area contributed by atoms with Crippen molar-refractivity contribution in [3.8, 4) is 0 Å². The number of carboxylic acid groups (broad SMARTS) is 1. The topological polar surface area (TPSA) is 340 Å². The van der Waals surface area contributed by atoms with Crippen molar-refractivity contribution in [1.29, 1.82) is 0 Å². The standard InChI is InChI=1S/C52H91NO19P2S/c1-3-5-7-9-11-13-15-17-18-19-20-21-23-25-27-29-31-36-45(57)70-40(38-69-74(66,67)72-51-49(61)47(59)46(58)48(60)50(51)71-73(63,64)65)37-68-52(62)41(53)39-75-43(42(54)33-32-35-44(55)56)34-30-28-26-24-22-16-14-12-10-8-6-4-2/h12,14,17-18,22,24,26,28,30,34,40-43,46-51,54,58-61H,3-11,13,15-16,19-21,23,25,27,29,31-33,35-39,53H2,1-2H3,(H,55,56)(H,66,67)(H2,63,64,65)/b14-12-,18-17-,24-22-,28-26+,34-30+/t40-,41+,42+,43-,46+,47+,48-,49-,50-,51+/m1/s1. The number of nitrogens with two attached hydrogens (primary N) is 1. The molecule has 0 saturated heterocycles. The Labute approximate surface area is 449 Å². The van der Waals surface area contributed by atoms with Crippen molar-refractivity contribution in [1.82, 2.24) is 0 Å². The molecule has 434 valence electrons. The van der Waals surface area contributed by atoms with Gasteiger partial charge in [0.25, 0.3) is 0 Å². The van der Waals surface area contributed by atoms with Gasteiger partial charge >= 0.3 is 33.6 Å². The Kier molecular flexibility index (Phi) is 39.8. The van der Waals surface area contributed by atoms with E-state index in [1.807, 2.05) is 18.2 Å². The van der Waals surface area contributed by atoms with E-state index in [1.54, 1.807) is 18.2 Å². The number of phosphoric ester groups is 2. The largest absolute Gasteiger partial charge is 0.481 e. The summed E-state index contributed by atoms with van der Waals surface area (Å²) >= 11 is 1.11. The van der Waals surface area contributed by atoms with Crippen LogP contribution < -0.4 is 5.73 Å². The van der Waals surface area contributed by atoms with Crippen molar-refractivity contribution < 1.29 is 91.9 Å². The van der Waals surface area contributed by atoms with Crippen molar-refractivity contribution in [3.05, 3.63) is 60.8 Å². The van der Waals surface area contributed by atoms with Gasteiger partial charge in [-0.3, -0.25) is 28.0 Å². The number of aliphatic carboxylic acids is 1. The van der Waals surface area contributed by atoms with Crippen molar-refractivity contribution in [2.45, 2.75) is 228 Å². The van der Waals surface area contributed by atoms with Gasteiger partial charge in [-0.25, -0.2) is 9.13 Å². The molecular weight excluding hydrogens is 1040 g/mol. The maximum Gasteiger partial charge on any atom is 0.472 e. The number of esters is 2. The highest BCUT2D eigenvalue weighted by atomic mass is 32.2. The van der Waals surface area contributed by atoms with Gasteiger partial charge in [0, 0.05) is 23.8 Å². The number of aliphatic hydroxyl groups is 5. The Morgan fingerprint density at radius 3 is 1.73 bits per heavy atom. The molecule has 0 aromatic heterocycles. The summed E-state index contributed by atoms with van der Waals surface area (Å²) in [5.41, 5.74) is 6.18. The van der Waals surface area contributed by atoms with Crippen molar-refractivity contribution >= 4 is 45.3 Å². The van der Waals surface area contributed by atoms with Gasteiger partial charge in [0.15, 0.2) is 6.10 Å². The van der Waals surface area contributed by atoms with E-state index >= 15 is 0 Å². The number of hydrogen-bond donors (Lipinski definition) is 10. The van der Waals surface area contributed by atoms with Crippen LogP contribution in [0.5, 0.6) is 0 Å². The molecule has 20 nitrogen and oxygen atoms in total. The molecule has 0 spiro atoms. The molecule has 1 unspecified atom stereocenters. The zero-order chi connectivity index (χ0) is 55.9. The number of unbranched alkanes of at least 4 members (excludes halogenated alkanes) is 16. The Hall–Kier alpha value is -2.56. The third kappa shape index (κ3) is 35.5. The number of carbonyl (C=O) groups excluding carboxylic acids is 2. The Morgan fingerprint density at radius 2 is 1.15 bits per heavy atom. The minimum absolute atomic E-state index is 0.0727. The van der Waals surface area contributed by atoms with Crippen LogP contribution in [0.15, 0.2) is 60.8 Å². The zero-order valence-electron chi connectivity index (χ0n) is 44.1. The first kappa shape index (κ1) is 70.5. The molecule has 0 radical (unpaired) electrons. The van der Waals surface area contributed by atoms with E-state index in [1.165, 1.54) is 51.4 Å². The predicted molar refractivity (Wildman–Crippen MR) is 288 cm³/mol. The van der Waals surface area contributed by atoms with Gasteiger partial charge in [0.05, 0.1) is 12.7 Å². The number of carboxylic acids is 1. The number of ether oxygens (including phenoxy) is 2. The second kappa shape index (κ2) is 42.4. The molecule has 1 fully saturated rings. The molecule has 0 amide bonds. The second-order valence-corrected chi connectivity index (χ2v) is 22.6. The first-order valence-electron chi connectivity index (χ1n) is 26.8. The van der Waals surface area contributed by atoms with Crippen LogP contribution >= 0.6 is 27.4 Å². The second-order valence-electron chi connectivity index (χ2n) is 18.8. The highest BCUT2D eigenvalue weighted by Gasteiger charge is 2.54. The van der Waals surface area contributed by atoms with Gasteiger partial charge in [0.2, 0.25) is 0 Å². The molecule has 1 aliphatic rings. The molecule has 1 aliphatic carbocycles. The highest BCUT2D eigenvalue weighted by Crippen LogP contribution is 2.50. The van der Waals surface area contributed by atoms with E-state index in [-0.39, 0.29) is 31.4 Å². The normalized spacial score (nSPS) is 22.1. The summed E-state index contributed by atoms with van der Waals surface area (Å²) < 4.78 is 50.0. The zero-order valence-corrected chi connectivity index (χ0v) is 46.7. The first-order chi connectivity index (χ1) is 35.7. The van der Waals surface area contributed by atoms with Crippen LogP contribution in [0, 0.1) is 0 Å². The van der Waals surface area contributed by atoms with Gasteiger partial charge in [-0.1, -0.05) is 152 Å². The van der Waals surface area contributed by atoms with Gasteiger partial charge in [-0.15, -0.1) is 11.8 Å². The molecule has 0 heterocycles. The van der Waals surface area contributed by atoms with Crippen molar-refractivity contribution in [3.63, 3.8) is 0 Å². The van der Waals surface area contributed by atoms with Crippen LogP contribution in [0.25, 0.3) is 0 Å². The molecule has 11 N–H and O–H groups in total. The maximum atomic E-state index is 13.2. The van der Waals surface area contributed by atoms with Crippen LogP contribution in [0.1, 0.15) is 168 Å². The van der Waals surface area contributed by atoms with E-state index in [4.69, 9.17) is 29.4 Å². The molecule has 75 heavy (non-hydrogen) atoms. The van der Waals surface area contributed by atoms with Crippen LogP contribution in [-0.4, -0.2) is 142 Å². The lowest BCUT2D eigenvalue weighted by Gasteiger charge is -2.43. The number of thioether (sulfide) groups is 1. The maximum absolute atomic E-state index is 13.2. The lowest BCUT2D eigenvalue weighted by Crippen LogP contribution is -2.64. The molecular formula is C52H91NO19P2S. The smallest absolute Gasteiger partial charge is 0.472 e. The van der Waals surface area contributed by atoms with Gasteiger partial charge < -0.3 is 60.5 Å². The number of aliphatic hydroxyl groups excluding tert-OH is 5. The summed E-state index contributed by atoms with van der Waals surface area (Å²) in [6, 6.07) is -1.31. The highest BCUT2D eigenvalue weighted by molar-refractivity contribution is 8.00. The Balaban J connectivity index is 2.96. The Morgan fingerprint density at radius 1 is 0.627 bits per heavy atom. The van der Waals surface area contributed by atoms with E-state index in [2.05, 4.69) is 42.7 Å². The number of rotatable bonds is 45. The lowest BCUT2D eigenvalue weighted by atomic mass is 9.85. The molecule has 23 heteroatoms. The average molecular weight is 1130 g/mol. The summed E-state index contributed by atoms with van der Waals surface area (Å²) in [5, 5.41) is 60.6. The molecule has 11 atom stereocenters. The monoisotopic (exact) mass is 1130 g/mol. The quantitative estimate of drug-likeness (QED) is 0.00909. The number of allylic oxidation sites excluding steroid dienone is 9. The fourth-order valence-corrected chi connectivity index (χ4v) is 10.4. The summed E-state index contributed by atoms with van der Waals surface area (Å²) in [5.74, 6) is -2.87. The number of phosphoric acid groups is 2. The van der Waals surface area contributed by atoms with Crippen molar-refractivity contribution in [2.75, 3.05) is 19.0 Å². The molecule has 0 aliphatic heterocycles. The van der Waals surface area contributed by atoms with E-state index in [0.29, 0.717) is 12.8 Å². The minimum atomic E-state index is -5.51. The number of hydrogen-bond acceptors (Lipinski definition) is 17. The van der Waals surface area contributed by atoms with Gasteiger partial charge in [-0.2, -0.15) is 0 Å². The van der Waals surface area contributed by atoms with E-state index in [9.17, 15) is 63.7 Å². The molecule has 1 rings (SSSR count). The van der Waals surface area contributed by atoms with Crippen LogP contribution in [0.2, 0.25) is 0 Å². The summed E-state index contributed by atoms with van der Waals surface area (Å²) in [6.45, 7) is 2.61. The summed E-state index contributed by atoms with van der Waals surface area (Å²) in [7, 11) is -11.0.